The summed E-state index contributed by atoms with van der Waals surface area (Å²) >= 11 is 0. The van der Waals surface area contributed by atoms with Crippen molar-refractivity contribution >= 4 is 11.0 Å². The summed E-state index contributed by atoms with van der Waals surface area (Å²) in [6, 6.07) is 9.73. The lowest BCUT2D eigenvalue weighted by molar-refractivity contribution is 0.566. The normalized spacial score (nSPS) is 11.4. The smallest absolute Gasteiger partial charge is 0.163 e. The zero-order chi connectivity index (χ0) is 11.8. The van der Waals surface area contributed by atoms with Crippen LogP contribution in [0.2, 0.25) is 0 Å². The second kappa shape index (κ2) is 3.57. The van der Waals surface area contributed by atoms with Gasteiger partial charge in [0, 0.05) is 5.41 Å². The van der Waals surface area contributed by atoms with Crippen molar-refractivity contribution < 1.29 is 0 Å². The zero-order valence-corrected chi connectivity index (χ0v) is 9.65. The van der Waals surface area contributed by atoms with Gasteiger partial charge in [-0.05, 0) is 12.1 Å². The second-order valence-corrected chi connectivity index (χ2v) is 4.77. The summed E-state index contributed by atoms with van der Waals surface area (Å²) in [6.45, 7) is 6.10. The molecule has 0 saturated heterocycles. The van der Waals surface area contributed by atoms with Crippen LogP contribution in [0, 0.1) is 11.3 Å². The highest BCUT2D eigenvalue weighted by molar-refractivity contribution is 5.74. The van der Waals surface area contributed by atoms with Gasteiger partial charge in [-0.25, -0.2) is 9.97 Å². The molecule has 3 nitrogen and oxygen atoms in total. The van der Waals surface area contributed by atoms with E-state index in [-0.39, 0.29) is 5.41 Å². The van der Waals surface area contributed by atoms with Crippen molar-refractivity contribution in [2.24, 2.45) is 0 Å². The van der Waals surface area contributed by atoms with Crippen molar-refractivity contribution in [1.82, 2.24) is 9.97 Å². The van der Waals surface area contributed by atoms with Crippen molar-refractivity contribution in [2.75, 3.05) is 0 Å². The monoisotopic (exact) mass is 211 g/mol. The molecule has 3 heteroatoms. The van der Waals surface area contributed by atoms with E-state index in [1.807, 2.05) is 45.0 Å². The molecule has 0 aliphatic carbocycles. The van der Waals surface area contributed by atoms with E-state index >= 15 is 0 Å². The van der Waals surface area contributed by atoms with Gasteiger partial charge in [0.15, 0.2) is 5.69 Å². The van der Waals surface area contributed by atoms with Crippen LogP contribution in [0.3, 0.4) is 0 Å². The number of hydrogen-bond acceptors (Lipinski definition) is 3. The molecule has 16 heavy (non-hydrogen) atoms. The van der Waals surface area contributed by atoms with E-state index in [2.05, 4.69) is 16.0 Å². The van der Waals surface area contributed by atoms with Gasteiger partial charge >= 0.3 is 0 Å². The largest absolute Gasteiger partial charge is 0.248 e. The maximum atomic E-state index is 9.09. The molecular formula is C13H13N3. The molecule has 80 valence electrons. The first kappa shape index (κ1) is 10.6. The Morgan fingerprint density at radius 1 is 1.06 bits per heavy atom. The van der Waals surface area contributed by atoms with Crippen LogP contribution < -0.4 is 0 Å². The highest BCUT2D eigenvalue weighted by atomic mass is 14.8. The quantitative estimate of drug-likeness (QED) is 0.673. The Hall–Kier alpha value is -1.95. The lowest BCUT2D eigenvalue weighted by Gasteiger charge is -2.18. The maximum Gasteiger partial charge on any atom is 0.163 e. The Balaban J connectivity index is 2.79. The number of benzene rings is 1. The topological polar surface area (TPSA) is 49.6 Å². The molecule has 0 radical (unpaired) electrons. The van der Waals surface area contributed by atoms with Gasteiger partial charge in [-0.1, -0.05) is 32.9 Å². The number of aromatic nitrogens is 2. The molecule has 0 aliphatic heterocycles. The van der Waals surface area contributed by atoms with Gasteiger partial charge in [-0.3, -0.25) is 0 Å². The van der Waals surface area contributed by atoms with E-state index < -0.39 is 0 Å². The highest BCUT2D eigenvalue weighted by Crippen LogP contribution is 2.24. The van der Waals surface area contributed by atoms with Gasteiger partial charge in [0.25, 0.3) is 0 Å². The van der Waals surface area contributed by atoms with Crippen LogP contribution in [0.4, 0.5) is 0 Å². The molecule has 0 amide bonds. The molecule has 2 aromatic rings. The van der Waals surface area contributed by atoms with Crippen molar-refractivity contribution in [3.63, 3.8) is 0 Å². The summed E-state index contributed by atoms with van der Waals surface area (Å²) in [5.41, 5.74) is 2.63. The van der Waals surface area contributed by atoms with Crippen molar-refractivity contribution in [2.45, 2.75) is 26.2 Å². The van der Waals surface area contributed by atoms with Gasteiger partial charge in [0.05, 0.1) is 16.7 Å². The molecule has 2 rings (SSSR count). The molecule has 0 aliphatic rings. The van der Waals surface area contributed by atoms with Crippen LogP contribution in [-0.4, -0.2) is 9.97 Å². The van der Waals surface area contributed by atoms with Crippen LogP contribution in [0.5, 0.6) is 0 Å². The van der Waals surface area contributed by atoms with Crippen LogP contribution in [-0.2, 0) is 5.41 Å². The molecule has 1 aromatic heterocycles. The number of para-hydroxylation sites is 2. The molecule has 0 N–H and O–H groups in total. The summed E-state index contributed by atoms with van der Waals surface area (Å²) in [6.07, 6.45) is 0. The van der Waals surface area contributed by atoms with Gasteiger partial charge in [0.2, 0.25) is 0 Å². The van der Waals surface area contributed by atoms with Crippen LogP contribution >= 0.6 is 0 Å². The van der Waals surface area contributed by atoms with E-state index in [0.29, 0.717) is 5.69 Å². The fraction of sp³-hybridized carbons (Fsp3) is 0.308. The van der Waals surface area contributed by atoms with Crippen LogP contribution in [0.15, 0.2) is 24.3 Å². The predicted molar refractivity (Wildman–Crippen MR) is 63.0 cm³/mol. The molecule has 0 fully saturated rings. The zero-order valence-electron chi connectivity index (χ0n) is 9.65. The molecular weight excluding hydrogens is 198 g/mol. The summed E-state index contributed by atoms with van der Waals surface area (Å²) in [4.78, 5) is 8.87. The summed E-state index contributed by atoms with van der Waals surface area (Å²) in [5.74, 6) is 0. The third kappa shape index (κ3) is 1.74. The number of rotatable bonds is 0. The summed E-state index contributed by atoms with van der Waals surface area (Å²) < 4.78 is 0. The number of fused-ring (bicyclic) bond motifs is 1. The van der Waals surface area contributed by atoms with Crippen LogP contribution in [0.25, 0.3) is 11.0 Å². The fourth-order valence-corrected chi connectivity index (χ4v) is 1.60. The Kier molecular flexibility index (Phi) is 2.35. The average Bonchev–Trinajstić information content (AvgIpc) is 2.26. The first-order valence-electron chi connectivity index (χ1n) is 5.20. The third-order valence-electron chi connectivity index (χ3n) is 2.39. The lowest BCUT2D eigenvalue weighted by Crippen LogP contribution is -2.17. The number of nitrogens with zero attached hydrogens (tertiary/aromatic N) is 3. The number of nitriles is 1. The molecule has 1 aromatic carbocycles. The summed E-state index contributed by atoms with van der Waals surface area (Å²) in [7, 11) is 0. The summed E-state index contributed by atoms with van der Waals surface area (Å²) in [5, 5.41) is 9.09. The number of hydrogen-bond donors (Lipinski definition) is 0. The minimum atomic E-state index is -0.165. The van der Waals surface area contributed by atoms with Gasteiger partial charge in [-0.15, -0.1) is 0 Å². The Bertz CT molecular complexity index is 574. The molecule has 0 spiro atoms. The second-order valence-electron chi connectivity index (χ2n) is 4.77. The van der Waals surface area contributed by atoms with Crippen molar-refractivity contribution in [3.05, 3.63) is 35.7 Å². The molecule has 0 atom stereocenters. The van der Waals surface area contributed by atoms with E-state index in [0.717, 1.165) is 16.7 Å². The van der Waals surface area contributed by atoms with Gasteiger partial charge in [0.1, 0.15) is 6.07 Å². The van der Waals surface area contributed by atoms with Gasteiger partial charge in [-0.2, -0.15) is 5.26 Å². The third-order valence-corrected chi connectivity index (χ3v) is 2.39. The predicted octanol–water partition coefficient (Wildman–Crippen LogP) is 2.80. The van der Waals surface area contributed by atoms with Crippen molar-refractivity contribution in [1.29, 1.82) is 5.26 Å². The van der Waals surface area contributed by atoms with E-state index in [4.69, 9.17) is 5.26 Å². The minimum Gasteiger partial charge on any atom is -0.248 e. The minimum absolute atomic E-state index is 0.165. The highest BCUT2D eigenvalue weighted by Gasteiger charge is 2.21. The SMILES string of the molecule is CC(C)(C)c1nc2ccccc2nc1C#N. The Labute approximate surface area is 94.8 Å². The van der Waals surface area contributed by atoms with Crippen LogP contribution in [0.1, 0.15) is 32.2 Å². The van der Waals surface area contributed by atoms with E-state index in [1.165, 1.54) is 0 Å². The molecule has 0 bridgehead atoms. The van der Waals surface area contributed by atoms with E-state index in [1.54, 1.807) is 0 Å². The van der Waals surface area contributed by atoms with Gasteiger partial charge < -0.3 is 0 Å². The average molecular weight is 211 g/mol. The Morgan fingerprint density at radius 2 is 1.62 bits per heavy atom. The first-order chi connectivity index (χ1) is 7.52. The van der Waals surface area contributed by atoms with E-state index in [9.17, 15) is 0 Å². The first-order valence-corrected chi connectivity index (χ1v) is 5.20. The lowest BCUT2D eigenvalue weighted by atomic mass is 9.90. The Morgan fingerprint density at radius 3 is 2.12 bits per heavy atom. The standard InChI is InChI=1S/C13H13N3/c1-13(2,3)12-11(8-14)15-9-6-4-5-7-10(9)16-12/h4-7H,1-3H3. The fourth-order valence-electron chi connectivity index (χ4n) is 1.60. The van der Waals surface area contributed by atoms with Crippen molar-refractivity contribution in [3.8, 4) is 6.07 Å². The molecule has 0 saturated carbocycles. The molecule has 0 unspecified atom stereocenters. The maximum absolute atomic E-state index is 9.09. The molecule has 1 heterocycles.